The Morgan fingerprint density at radius 1 is 1.00 bits per heavy atom. The molecule has 0 radical (unpaired) electrons. The molecule has 0 aliphatic heterocycles. The molecular weight excluding hydrogens is 296 g/mol. The Balaban J connectivity index is 2.02. The maximum atomic E-state index is 4.86. The van der Waals surface area contributed by atoms with Gasteiger partial charge in [0, 0.05) is 11.9 Å². The number of aromatic nitrogens is 4. The van der Waals surface area contributed by atoms with Gasteiger partial charge in [-0.05, 0) is 55.3 Å². The zero-order chi connectivity index (χ0) is 16.5. The molecule has 24 heavy (non-hydrogen) atoms. The zero-order valence-electron chi connectivity index (χ0n) is 13.8. The SMILES string of the molecule is CCc1ccc2c(c1)nc(-c1ccccn1)n2-c1ccc(C)nc1. The second kappa shape index (κ2) is 5.89. The number of rotatable bonds is 3. The molecule has 3 aromatic heterocycles. The van der Waals surface area contributed by atoms with Gasteiger partial charge in [0.25, 0.3) is 0 Å². The Kier molecular flexibility index (Phi) is 3.58. The lowest BCUT2D eigenvalue weighted by molar-refractivity contribution is 1.05. The van der Waals surface area contributed by atoms with Crippen molar-refractivity contribution in [3.63, 3.8) is 0 Å². The first-order chi connectivity index (χ1) is 11.8. The summed E-state index contributed by atoms with van der Waals surface area (Å²) in [5.41, 5.74) is 6.17. The number of imidazole rings is 1. The van der Waals surface area contributed by atoms with Crippen molar-refractivity contribution in [3.8, 4) is 17.2 Å². The molecule has 3 heterocycles. The van der Waals surface area contributed by atoms with Crippen molar-refractivity contribution >= 4 is 11.0 Å². The van der Waals surface area contributed by atoms with Crippen LogP contribution in [0.3, 0.4) is 0 Å². The molecule has 0 saturated carbocycles. The molecule has 118 valence electrons. The second-order valence-electron chi connectivity index (χ2n) is 5.82. The van der Waals surface area contributed by atoms with Gasteiger partial charge in [-0.3, -0.25) is 14.5 Å². The van der Waals surface area contributed by atoms with E-state index in [4.69, 9.17) is 4.98 Å². The number of nitrogens with zero attached hydrogens (tertiary/aromatic N) is 4. The summed E-state index contributed by atoms with van der Waals surface area (Å²) in [4.78, 5) is 13.8. The first-order valence-electron chi connectivity index (χ1n) is 8.12. The van der Waals surface area contributed by atoms with E-state index in [-0.39, 0.29) is 0 Å². The molecular formula is C20H18N4. The molecule has 0 unspecified atom stereocenters. The Hall–Kier alpha value is -3.01. The van der Waals surface area contributed by atoms with Gasteiger partial charge in [0.1, 0.15) is 5.69 Å². The van der Waals surface area contributed by atoms with Gasteiger partial charge >= 0.3 is 0 Å². The van der Waals surface area contributed by atoms with E-state index < -0.39 is 0 Å². The summed E-state index contributed by atoms with van der Waals surface area (Å²) in [6.45, 7) is 4.14. The van der Waals surface area contributed by atoms with E-state index in [1.165, 1.54) is 5.56 Å². The quantitative estimate of drug-likeness (QED) is 0.564. The van der Waals surface area contributed by atoms with Crippen LogP contribution < -0.4 is 0 Å². The van der Waals surface area contributed by atoms with Crippen LogP contribution in [0.1, 0.15) is 18.2 Å². The fourth-order valence-electron chi connectivity index (χ4n) is 2.87. The van der Waals surface area contributed by atoms with Crippen LogP contribution in [-0.2, 0) is 6.42 Å². The Labute approximate surface area is 140 Å². The van der Waals surface area contributed by atoms with Crippen molar-refractivity contribution in [3.05, 3.63) is 72.2 Å². The minimum Gasteiger partial charge on any atom is -0.289 e. The number of pyridine rings is 2. The summed E-state index contributed by atoms with van der Waals surface area (Å²) in [5.74, 6) is 0.838. The largest absolute Gasteiger partial charge is 0.289 e. The molecule has 0 aliphatic carbocycles. The van der Waals surface area contributed by atoms with Gasteiger partial charge in [-0.2, -0.15) is 0 Å². The monoisotopic (exact) mass is 314 g/mol. The van der Waals surface area contributed by atoms with Gasteiger partial charge < -0.3 is 0 Å². The Morgan fingerprint density at radius 3 is 2.62 bits per heavy atom. The highest BCUT2D eigenvalue weighted by molar-refractivity contribution is 5.83. The van der Waals surface area contributed by atoms with Gasteiger partial charge in [-0.15, -0.1) is 0 Å². The maximum Gasteiger partial charge on any atom is 0.164 e. The molecule has 0 spiro atoms. The fourth-order valence-corrected chi connectivity index (χ4v) is 2.87. The second-order valence-corrected chi connectivity index (χ2v) is 5.82. The smallest absolute Gasteiger partial charge is 0.164 e. The number of aryl methyl sites for hydroxylation is 2. The normalized spacial score (nSPS) is 11.1. The Morgan fingerprint density at radius 2 is 1.92 bits per heavy atom. The third-order valence-electron chi connectivity index (χ3n) is 4.18. The number of benzene rings is 1. The van der Waals surface area contributed by atoms with Crippen LogP contribution in [0.2, 0.25) is 0 Å². The van der Waals surface area contributed by atoms with Crippen molar-refractivity contribution in [2.75, 3.05) is 0 Å². The summed E-state index contributed by atoms with van der Waals surface area (Å²) >= 11 is 0. The van der Waals surface area contributed by atoms with Crippen molar-refractivity contribution in [1.29, 1.82) is 0 Å². The summed E-state index contributed by atoms with van der Waals surface area (Å²) in [5, 5.41) is 0. The molecule has 0 atom stereocenters. The molecule has 1 aromatic carbocycles. The lowest BCUT2D eigenvalue weighted by atomic mass is 10.1. The number of hydrogen-bond acceptors (Lipinski definition) is 3. The topological polar surface area (TPSA) is 43.6 Å². The molecule has 4 nitrogen and oxygen atoms in total. The van der Waals surface area contributed by atoms with Gasteiger partial charge in [-0.25, -0.2) is 4.98 Å². The fraction of sp³-hybridized carbons (Fsp3) is 0.150. The van der Waals surface area contributed by atoms with E-state index in [1.54, 1.807) is 6.20 Å². The minimum absolute atomic E-state index is 0.838. The van der Waals surface area contributed by atoms with E-state index in [0.29, 0.717) is 0 Å². The molecule has 4 rings (SSSR count). The molecule has 4 heteroatoms. The maximum absolute atomic E-state index is 4.86. The average Bonchev–Trinajstić information content (AvgIpc) is 3.01. The highest BCUT2D eigenvalue weighted by Gasteiger charge is 2.15. The molecule has 0 bridgehead atoms. The van der Waals surface area contributed by atoms with Gasteiger partial charge in [-0.1, -0.05) is 19.1 Å². The highest BCUT2D eigenvalue weighted by atomic mass is 15.1. The first kappa shape index (κ1) is 14.6. The summed E-state index contributed by atoms with van der Waals surface area (Å²) in [7, 11) is 0. The number of fused-ring (bicyclic) bond motifs is 1. The highest BCUT2D eigenvalue weighted by Crippen LogP contribution is 2.28. The third-order valence-corrected chi connectivity index (χ3v) is 4.18. The molecule has 0 amide bonds. The van der Waals surface area contributed by atoms with E-state index >= 15 is 0 Å². The van der Waals surface area contributed by atoms with Crippen molar-refractivity contribution < 1.29 is 0 Å². The predicted molar refractivity (Wildman–Crippen MR) is 96.2 cm³/mol. The lowest BCUT2D eigenvalue weighted by Gasteiger charge is -2.09. The third kappa shape index (κ3) is 2.46. The van der Waals surface area contributed by atoms with Crippen LogP contribution in [0.25, 0.3) is 28.2 Å². The van der Waals surface area contributed by atoms with Crippen molar-refractivity contribution in [2.24, 2.45) is 0 Å². The standard InChI is InChI=1S/C20H18N4/c1-3-15-8-10-19-18(12-15)23-20(17-6-4-5-11-21-17)24(19)16-9-7-14(2)22-13-16/h4-13H,3H2,1-2H3. The van der Waals surface area contributed by atoms with E-state index in [0.717, 1.165) is 40.4 Å². The van der Waals surface area contributed by atoms with Gasteiger partial charge in [0.15, 0.2) is 5.82 Å². The minimum atomic E-state index is 0.838. The van der Waals surface area contributed by atoms with Gasteiger partial charge in [0.2, 0.25) is 0 Å². The van der Waals surface area contributed by atoms with Crippen molar-refractivity contribution in [1.82, 2.24) is 19.5 Å². The van der Waals surface area contributed by atoms with Crippen LogP contribution in [0, 0.1) is 6.92 Å². The molecule has 0 fully saturated rings. The summed E-state index contributed by atoms with van der Waals surface area (Å²) in [6.07, 6.45) is 4.67. The number of hydrogen-bond donors (Lipinski definition) is 0. The molecule has 0 aliphatic rings. The van der Waals surface area contributed by atoms with Crippen molar-refractivity contribution in [2.45, 2.75) is 20.3 Å². The molecule has 0 N–H and O–H groups in total. The Bertz CT molecular complexity index is 986. The van der Waals surface area contributed by atoms with Crippen LogP contribution in [0.5, 0.6) is 0 Å². The average molecular weight is 314 g/mol. The van der Waals surface area contributed by atoms with Gasteiger partial charge in [0.05, 0.1) is 22.9 Å². The molecule has 4 aromatic rings. The van der Waals surface area contributed by atoms with Crippen LogP contribution in [-0.4, -0.2) is 19.5 Å². The predicted octanol–water partition coefficient (Wildman–Crippen LogP) is 4.35. The summed E-state index contributed by atoms with van der Waals surface area (Å²) in [6, 6.07) is 16.4. The van der Waals surface area contributed by atoms with Crippen LogP contribution >= 0.6 is 0 Å². The molecule has 0 saturated heterocycles. The van der Waals surface area contributed by atoms with Crippen LogP contribution in [0.15, 0.2) is 60.9 Å². The van der Waals surface area contributed by atoms with Crippen LogP contribution in [0.4, 0.5) is 0 Å². The van der Waals surface area contributed by atoms with E-state index in [9.17, 15) is 0 Å². The zero-order valence-corrected chi connectivity index (χ0v) is 13.8. The lowest BCUT2D eigenvalue weighted by Crippen LogP contribution is -1.99. The summed E-state index contributed by atoms with van der Waals surface area (Å²) < 4.78 is 2.13. The van der Waals surface area contributed by atoms with E-state index in [1.807, 2.05) is 37.4 Å². The first-order valence-corrected chi connectivity index (χ1v) is 8.12. The van der Waals surface area contributed by atoms with E-state index in [2.05, 4.69) is 45.7 Å².